The lowest BCUT2D eigenvalue weighted by Gasteiger charge is -2.10. The van der Waals surface area contributed by atoms with Crippen LogP contribution >= 0.6 is 0 Å². The highest BCUT2D eigenvalue weighted by Crippen LogP contribution is 2.25. The number of hydrogen-bond acceptors (Lipinski definition) is 2. The highest BCUT2D eigenvalue weighted by Gasteiger charge is 2.12. The molecule has 2 aromatic carbocycles. The Morgan fingerprint density at radius 1 is 1.15 bits per heavy atom. The van der Waals surface area contributed by atoms with Crippen molar-refractivity contribution in [2.24, 2.45) is 0 Å². The van der Waals surface area contributed by atoms with E-state index in [1.165, 1.54) is 24.3 Å². The van der Waals surface area contributed by atoms with Crippen LogP contribution < -0.4 is 10.6 Å². The second-order valence-corrected chi connectivity index (χ2v) is 6.12. The van der Waals surface area contributed by atoms with Gasteiger partial charge in [-0.3, -0.25) is 5.10 Å². The summed E-state index contributed by atoms with van der Waals surface area (Å²) in [4.78, 5) is 11.8. The Morgan fingerprint density at radius 2 is 1.88 bits per heavy atom. The molecule has 0 unspecified atom stereocenters. The van der Waals surface area contributed by atoms with E-state index in [1.807, 2.05) is 13.8 Å². The molecule has 0 radical (unpaired) electrons. The molecule has 1 aromatic heterocycles. The minimum atomic E-state index is -0.561. The predicted molar refractivity (Wildman–Crippen MR) is 98.7 cm³/mol. The van der Waals surface area contributed by atoms with Crippen molar-refractivity contribution in [3.63, 3.8) is 0 Å². The Hall–Kier alpha value is -3.22. The second kappa shape index (κ2) is 7.35. The summed E-state index contributed by atoms with van der Waals surface area (Å²) in [6.07, 6.45) is 3.51. The van der Waals surface area contributed by atoms with Gasteiger partial charge in [0.2, 0.25) is 0 Å². The molecule has 5 nitrogen and oxygen atoms in total. The molecule has 2 amide bonds. The summed E-state index contributed by atoms with van der Waals surface area (Å²) in [6, 6.07) is 8.28. The molecule has 0 aliphatic rings. The van der Waals surface area contributed by atoms with Crippen molar-refractivity contribution >= 4 is 34.8 Å². The van der Waals surface area contributed by atoms with Crippen LogP contribution in [0, 0.1) is 11.6 Å². The maximum absolute atomic E-state index is 14.2. The van der Waals surface area contributed by atoms with E-state index in [0.29, 0.717) is 16.6 Å². The molecule has 3 rings (SSSR count). The zero-order chi connectivity index (χ0) is 18.7. The van der Waals surface area contributed by atoms with Crippen molar-refractivity contribution in [2.45, 2.75) is 19.9 Å². The lowest BCUT2D eigenvalue weighted by molar-refractivity contribution is 0.250. The molecular weight excluding hydrogens is 338 g/mol. The van der Waals surface area contributed by atoms with Gasteiger partial charge in [-0.05, 0) is 43.7 Å². The first-order valence-electron chi connectivity index (χ1n) is 8.11. The molecule has 0 aliphatic heterocycles. The summed E-state index contributed by atoms with van der Waals surface area (Å²) < 4.78 is 27.1. The van der Waals surface area contributed by atoms with E-state index < -0.39 is 11.8 Å². The summed E-state index contributed by atoms with van der Waals surface area (Å²) in [5, 5.41) is 12.7. The molecule has 1 heterocycles. The Balaban J connectivity index is 1.89. The number of fused-ring (bicyclic) bond motifs is 1. The molecule has 0 saturated carbocycles. The number of anilines is 1. The Bertz CT molecular complexity index is 962. The average Bonchev–Trinajstić information content (AvgIpc) is 2.96. The Labute approximate surface area is 149 Å². The molecule has 0 saturated heterocycles. The van der Waals surface area contributed by atoms with E-state index >= 15 is 0 Å². The monoisotopic (exact) mass is 356 g/mol. The number of rotatable bonds is 4. The van der Waals surface area contributed by atoms with Gasteiger partial charge in [0.15, 0.2) is 0 Å². The average molecular weight is 356 g/mol. The highest BCUT2D eigenvalue weighted by molar-refractivity contribution is 5.96. The van der Waals surface area contributed by atoms with Crippen molar-refractivity contribution in [1.29, 1.82) is 0 Å². The van der Waals surface area contributed by atoms with Crippen molar-refractivity contribution in [2.75, 3.05) is 5.32 Å². The molecule has 3 aromatic rings. The van der Waals surface area contributed by atoms with Crippen molar-refractivity contribution in [3.05, 3.63) is 59.3 Å². The normalized spacial score (nSPS) is 11.4. The Kier molecular flexibility index (Phi) is 4.97. The van der Waals surface area contributed by atoms with Crippen LogP contribution in [0.4, 0.5) is 19.3 Å². The van der Waals surface area contributed by atoms with Crippen molar-refractivity contribution < 1.29 is 13.6 Å². The predicted octanol–water partition coefficient (Wildman–Crippen LogP) is 4.54. The number of nitrogens with zero attached hydrogens (tertiary/aromatic N) is 1. The summed E-state index contributed by atoms with van der Waals surface area (Å²) in [5.41, 5.74) is 1.96. The smallest absolute Gasteiger partial charge is 0.319 e. The van der Waals surface area contributed by atoms with E-state index in [0.717, 1.165) is 5.56 Å². The molecule has 0 fully saturated rings. The van der Waals surface area contributed by atoms with Crippen LogP contribution in [0.2, 0.25) is 0 Å². The molecule has 134 valence electrons. The maximum Gasteiger partial charge on any atom is 0.319 e. The van der Waals surface area contributed by atoms with Gasteiger partial charge in [-0.25, -0.2) is 13.6 Å². The van der Waals surface area contributed by atoms with Crippen LogP contribution in [0.3, 0.4) is 0 Å². The molecule has 0 spiro atoms. The number of benzene rings is 2. The fourth-order valence-electron chi connectivity index (χ4n) is 2.45. The number of urea groups is 1. The third kappa shape index (κ3) is 4.05. The van der Waals surface area contributed by atoms with Crippen LogP contribution in [-0.2, 0) is 0 Å². The van der Waals surface area contributed by atoms with E-state index in [4.69, 9.17) is 0 Å². The fourth-order valence-corrected chi connectivity index (χ4v) is 2.45. The quantitative estimate of drug-likeness (QED) is 0.642. The molecule has 0 atom stereocenters. The number of hydrogen-bond donors (Lipinski definition) is 3. The molecule has 0 bridgehead atoms. The van der Waals surface area contributed by atoms with Gasteiger partial charge in [-0.15, -0.1) is 0 Å². The SMILES string of the molecule is CC(C)NC(=O)Nc1cc2c(C=Cc3ccc(F)cc3)n[nH]c2cc1F. The van der Waals surface area contributed by atoms with Crippen LogP contribution in [-0.4, -0.2) is 22.3 Å². The number of aromatic amines is 1. The van der Waals surface area contributed by atoms with Crippen LogP contribution in [0.1, 0.15) is 25.1 Å². The number of halogens is 2. The van der Waals surface area contributed by atoms with E-state index in [1.54, 1.807) is 24.3 Å². The topological polar surface area (TPSA) is 69.8 Å². The molecule has 7 heteroatoms. The van der Waals surface area contributed by atoms with Gasteiger partial charge >= 0.3 is 6.03 Å². The number of carbonyl (C=O) groups is 1. The third-order valence-electron chi connectivity index (χ3n) is 3.65. The third-order valence-corrected chi connectivity index (χ3v) is 3.65. The largest absolute Gasteiger partial charge is 0.336 e. The van der Waals surface area contributed by atoms with Gasteiger partial charge in [0, 0.05) is 17.5 Å². The standard InChI is InChI=1S/C19H18F2N4O/c1-11(2)22-19(26)23-18-9-14-16(24-25-17(14)10-15(18)21)8-5-12-3-6-13(20)7-4-12/h3-11H,1-2H3,(H,24,25)(H2,22,23,26). The van der Waals surface area contributed by atoms with Gasteiger partial charge in [0.1, 0.15) is 11.6 Å². The molecule has 0 aliphatic carbocycles. The first-order chi connectivity index (χ1) is 12.4. The van der Waals surface area contributed by atoms with Crippen molar-refractivity contribution in [3.8, 4) is 0 Å². The van der Waals surface area contributed by atoms with Crippen molar-refractivity contribution in [1.82, 2.24) is 15.5 Å². The number of aromatic nitrogens is 2. The zero-order valence-corrected chi connectivity index (χ0v) is 14.3. The number of nitrogens with one attached hydrogen (secondary N) is 3. The lowest BCUT2D eigenvalue weighted by atomic mass is 10.1. The highest BCUT2D eigenvalue weighted by atomic mass is 19.1. The van der Waals surface area contributed by atoms with Gasteiger partial charge in [-0.1, -0.05) is 18.2 Å². The summed E-state index contributed by atoms with van der Waals surface area (Å²) in [7, 11) is 0. The number of carbonyl (C=O) groups excluding carboxylic acids is 1. The first kappa shape index (κ1) is 17.6. The summed E-state index contributed by atoms with van der Waals surface area (Å²) >= 11 is 0. The molecule has 3 N–H and O–H groups in total. The minimum absolute atomic E-state index is 0.0634. The van der Waals surface area contributed by atoms with E-state index in [-0.39, 0.29) is 17.5 Å². The Morgan fingerprint density at radius 3 is 2.58 bits per heavy atom. The van der Waals surface area contributed by atoms with E-state index in [2.05, 4.69) is 20.8 Å². The van der Waals surface area contributed by atoms with Gasteiger partial charge < -0.3 is 10.6 Å². The van der Waals surface area contributed by atoms with E-state index in [9.17, 15) is 13.6 Å². The van der Waals surface area contributed by atoms with Gasteiger partial charge in [-0.2, -0.15) is 5.10 Å². The van der Waals surface area contributed by atoms with Crippen LogP contribution in [0.5, 0.6) is 0 Å². The summed E-state index contributed by atoms with van der Waals surface area (Å²) in [5.74, 6) is -0.868. The minimum Gasteiger partial charge on any atom is -0.336 e. The fraction of sp³-hybridized carbons (Fsp3) is 0.158. The van der Waals surface area contributed by atoms with Crippen LogP contribution in [0.25, 0.3) is 23.1 Å². The number of H-pyrrole nitrogens is 1. The number of amides is 2. The maximum atomic E-state index is 14.2. The summed E-state index contributed by atoms with van der Waals surface area (Å²) in [6.45, 7) is 3.63. The zero-order valence-electron chi connectivity index (χ0n) is 14.3. The molecular formula is C19H18F2N4O. The second-order valence-electron chi connectivity index (χ2n) is 6.12. The first-order valence-corrected chi connectivity index (χ1v) is 8.11. The van der Waals surface area contributed by atoms with Gasteiger partial charge in [0.25, 0.3) is 0 Å². The molecule has 26 heavy (non-hydrogen) atoms. The lowest BCUT2D eigenvalue weighted by Crippen LogP contribution is -2.34. The van der Waals surface area contributed by atoms with Gasteiger partial charge in [0.05, 0.1) is 16.9 Å². The van der Waals surface area contributed by atoms with Crippen LogP contribution in [0.15, 0.2) is 36.4 Å².